The molecule has 2 aromatic rings. The second-order valence-electron chi connectivity index (χ2n) is 8.54. The SMILES string of the molecule is NC(N)=NCCC[CH-]NC(=O)CN1CCN(S(=O)(=O)Cc2ccccc2)C(Cc2ccccc2)C1=O.[V].[W]. The van der Waals surface area contributed by atoms with Gasteiger partial charge in [0.1, 0.15) is 6.04 Å². The second-order valence-corrected chi connectivity index (χ2v) is 10.5. The number of aliphatic imine (C=N–C) groups is 1. The van der Waals surface area contributed by atoms with Gasteiger partial charge in [0.25, 0.3) is 0 Å². The molecule has 1 aliphatic heterocycles. The van der Waals surface area contributed by atoms with E-state index in [4.69, 9.17) is 11.5 Å². The molecule has 13 heteroatoms. The van der Waals surface area contributed by atoms with E-state index in [-0.39, 0.29) is 89.2 Å². The van der Waals surface area contributed by atoms with Gasteiger partial charge in [-0.3, -0.25) is 14.6 Å². The van der Waals surface area contributed by atoms with E-state index in [0.29, 0.717) is 24.9 Å². The van der Waals surface area contributed by atoms with E-state index in [1.807, 2.05) is 36.4 Å². The molecule has 10 nitrogen and oxygen atoms in total. The Morgan fingerprint density at radius 3 is 2.24 bits per heavy atom. The van der Waals surface area contributed by atoms with Crippen molar-refractivity contribution in [2.75, 3.05) is 26.2 Å². The van der Waals surface area contributed by atoms with Crippen LogP contribution in [0.1, 0.15) is 24.0 Å². The molecule has 5 N–H and O–H groups in total. The van der Waals surface area contributed by atoms with Crippen LogP contribution in [0.5, 0.6) is 0 Å². The van der Waals surface area contributed by atoms with Crippen LogP contribution < -0.4 is 16.8 Å². The van der Waals surface area contributed by atoms with Crippen LogP contribution in [0.25, 0.3) is 0 Å². The molecule has 3 rings (SSSR count). The van der Waals surface area contributed by atoms with Crippen molar-refractivity contribution in [2.45, 2.75) is 31.1 Å². The third-order valence-corrected chi connectivity index (χ3v) is 7.60. The number of unbranched alkanes of at least 4 members (excludes halogenated alkanes) is 1. The summed E-state index contributed by atoms with van der Waals surface area (Å²) in [6.07, 6.45) is 1.45. The van der Waals surface area contributed by atoms with E-state index < -0.39 is 16.1 Å². The Morgan fingerprint density at radius 2 is 1.63 bits per heavy atom. The molecule has 1 saturated heterocycles. The molecule has 1 aliphatic rings. The largest absolute Gasteiger partial charge is 0.504 e. The van der Waals surface area contributed by atoms with Crippen LogP contribution >= 0.6 is 0 Å². The monoisotopic (exact) mass is 748 g/mol. The summed E-state index contributed by atoms with van der Waals surface area (Å²) in [5.74, 6) is -0.900. The molecule has 0 aliphatic carbocycles. The van der Waals surface area contributed by atoms with Gasteiger partial charge in [0.05, 0.1) is 12.3 Å². The summed E-state index contributed by atoms with van der Waals surface area (Å²) < 4.78 is 28.0. The van der Waals surface area contributed by atoms with Crippen molar-refractivity contribution >= 4 is 27.8 Å². The second kappa shape index (κ2) is 16.7. The molecule has 0 saturated carbocycles. The average molecular weight is 748 g/mol. The number of benzene rings is 2. The minimum Gasteiger partial charge on any atom is -0.504 e. The van der Waals surface area contributed by atoms with Crippen LogP contribution in [0.3, 0.4) is 0 Å². The Hall–Kier alpha value is -2.17. The average Bonchev–Trinajstić information content (AvgIpc) is 2.84. The number of nitrogens with zero attached hydrogens (tertiary/aromatic N) is 3. The predicted octanol–water partition coefficient (Wildman–Crippen LogP) is 0.598. The fourth-order valence-electron chi connectivity index (χ4n) is 4.01. The summed E-state index contributed by atoms with van der Waals surface area (Å²) in [5, 5.41) is 2.68. The number of carbonyl (C=O) groups is 2. The van der Waals surface area contributed by atoms with Crippen LogP contribution in [-0.4, -0.2) is 67.6 Å². The van der Waals surface area contributed by atoms with Crippen molar-refractivity contribution in [3.05, 3.63) is 78.3 Å². The Labute approximate surface area is 250 Å². The summed E-state index contributed by atoms with van der Waals surface area (Å²) in [7, 11) is -3.77. The van der Waals surface area contributed by atoms with E-state index in [1.54, 1.807) is 30.8 Å². The number of rotatable bonds is 12. The predicted molar refractivity (Wildman–Crippen MR) is 139 cm³/mol. The molecule has 1 fully saturated rings. The van der Waals surface area contributed by atoms with Gasteiger partial charge in [0, 0.05) is 59.3 Å². The Bertz CT molecular complexity index is 1150. The molecule has 2 amide bonds. The molecule has 1 heterocycles. The molecular formula is C25H33N6O4SVW-. The molecule has 1 radical (unpaired) electrons. The van der Waals surface area contributed by atoms with Crippen molar-refractivity contribution < 1.29 is 57.6 Å². The molecular weight excluding hydrogens is 715 g/mol. The maximum atomic E-state index is 13.4. The Balaban J connectivity index is 0.00000361. The quantitative estimate of drug-likeness (QED) is 0.125. The molecule has 1 atom stereocenters. The number of piperazine rings is 1. The first-order chi connectivity index (χ1) is 17.3. The number of hydrogen-bond acceptors (Lipinski definition) is 5. The smallest absolute Gasteiger partial charge is 0.241 e. The van der Waals surface area contributed by atoms with Gasteiger partial charge in [-0.1, -0.05) is 67.1 Å². The zero-order chi connectivity index (χ0) is 26.0. The minimum atomic E-state index is -3.77. The number of nitrogens with one attached hydrogen (secondary N) is 1. The van der Waals surface area contributed by atoms with Crippen molar-refractivity contribution in [3.8, 4) is 0 Å². The molecule has 38 heavy (non-hydrogen) atoms. The third kappa shape index (κ3) is 10.5. The van der Waals surface area contributed by atoms with Crippen molar-refractivity contribution in [2.24, 2.45) is 16.5 Å². The summed E-state index contributed by atoms with van der Waals surface area (Å²) in [5.41, 5.74) is 12.1. The first kappa shape index (κ1) is 33.9. The summed E-state index contributed by atoms with van der Waals surface area (Å²) >= 11 is 0. The van der Waals surface area contributed by atoms with Crippen LogP contribution in [0.4, 0.5) is 0 Å². The van der Waals surface area contributed by atoms with E-state index in [9.17, 15) is 18.0 Å². The zero-order valence-electron chi connectivity index (χ0n) is 21.0. The summed E-state index contributed by atoms with van der Waals surface area (Å²) in [4.78, 5) is 31.2. The van der Waals surface area contributed by atoms with Crippen LogP contribution in [0, 0.1) is 6.54 Å². The van der Waals surface area contributed by atoms with Gasteiger partial charge in [-0.15, -0.1) is 0 Å². The van der Waals surface area contributed by atoms with Gasteiger partial charge >= 0.3 is 0 Å². The molecule has 205 valence electrons. The fourth-order valence-corrected chi connectivity index (χ4v) is 5.70. The zero-order valence-corrected chi connectivity index (χ0v) is 26.1. The standard InChI is InChI=1S/C25H33N6O4S.V.W/c26-25(27)29-14-8-7-13-28-23(32)18-30-15-16-31(36(34,35)19-21-11-5-2-6-12-21)22(24(30)33)17-20-9-3-1-4-10-20;;/h1-6,9-13,22H,7-8,14-19H2,(H,28,32)(H4,26,27,29);;/q-1;;. The minimum absolute atomic E-state index is 0. The first-order valence-corrected chi connectivity index (χ1v) is 13.4. The van der Waals surface area contributed by atoms with Crippen LogP contribution in [-0.2, 0) is 71.4 Å². The molecule has 0 spiro atoms. The maximum absolute atomic E-state index is 13.4. The van der Waals surface area contributed by atoms with Crippen molar-refractivity contribution in [1.29, 1.82) is 0 Å². The first-order valence-electron chi connectivity index (χ1n) is 11.8. The van der Waals surface area contributed by atoms with Crippen LogP contribution in [0.2, 0.25) is 0 Å². The van der Waals surface area contributed by atoms with Gasteiger partial charge in [-0.25, -0.2) is 15.0 Å². The Morgan fingerprint density at radius 1 is 1.03 bits per heavy atom. The van der Waals surface area contributed by atoms with Crippen LogP contribution in [0.15, 0.2) is 65.7 Å². The third-order valence-electron chi connectivity index (χ3n) is 5.75. The van der Waals surface area contributed by atoms with Gasteiger partial charge < -0.3 is 21.7 Å². The molecule has 0 bridgehead atoms. The Kier molecular flexibility index (Phi) is 14.9. The van der Waals surface area contributed by atoms with E-state index in [2.05, 4.69) is 10.3 Å². The van der Waals surface area contributed by atoms with Crippen molar-refractivity contribution in [1.82, 2.24) is 14.5 Å². The molecule has 0 aromatic heterocycles. The number of sulfonamides is 1. The van der Waals surface area contributed by atoms with E-state index in [1.165, 1.54) is 9.21 Å². The van der Waals surface area contributed by atoms with Crippen molar-refractivity contribution in [3.63, 3.8) is 0 Å². The maximum Gasteiger partial charge on any atom is 0.241 e. The normalized spacial score (nSPS) is 15.6. The number of carbonyl (C=O) groups excluding carboxylic acids is 2. The van der Waals surface area contributed by atoms with E-state index in [0.717, 1.165) is 5.56 Å². The van der Waals surface area contributed by atoms with Gasteiger partial charge in [0.2, 0.25) is 21.8 Å². The summed E-state index contributed by atoms with van der Waals surface area (Å²) in [6.45, 7) is 2.16. The number of amides is 2. The topological polar surface area (TPSA) is 151 Å². The summed E-state index contributed by atoms with van der Waals surface area (Å²) in [6, 6.07) is 17.2. The molecule has 2 aromatic carbocycles. The number of guanidine groups is 1. The molecule has 1 unspecified atom stereocenters. The van der Waals surface area contributed by atoms with E-state index >= 15 is 0 Å². The number of nitrogens with two attached hydrogens (primary N) is 2. The fraction of sp³-hybridized carbons (Fsp3) is 0.360. The van der Waals surface area contributed by atoms with Gasteiger partial charge in [-0.2, -0.15) is 10.7 Å². The number of hydrogen-bond donors (Lipinski definition) is 3. The van der Waals surface area contributed by atoms with Gasteiger partial charge in [0.15, 0.2) is 5.96 Å². The van der Waals surface area contributed by atoms with Gasteiger partial charge in [-0.05, 0) is 17.5 Å².